The third-order valence-electron chi connectivity index (χ3n) is 4.31. The third kappa shape index (κ3) is 3.07. The first kappa shape index (κ1) is 15.5. The van der Waals surface area contributed by atoms with Crippen molar-refractivity contribution in [3.05, 3.63) is 24.2 Å². The molecular formula is C15H18N2O6. The van der Waals surface area contributed by atoms with Gasteiger partial charge in [0.15, 0.2) is 5.54 Å². The molecule has 2 saturated heterocycles. The number of likely N-dealkylation sites (tertiary alicyclic amines) is 1. The summed E-state index contributed by atoms with van der Waals surface area (Å²) >= 11 is 0. The molecule has 2 fully saturated rings. The lowest BCUT2D eigenvalue weighted by Crippen LogP contribution is -2.56. The van der Waals surface area contributed by atoms with Gasteiger partial charge >= 0.3 is 5.97 Å². The maximum atomic E-state index is 12.4. The SMILES string of the molecule is O=C(NC1(C(=O)O)CCOC1)C1CC(=O)N(Cc2ccco2)C1. The highest BCUT2D eigenvalue weighted by Crippen LogP contribution is 2.24. The Morgan fingerprint density at radius 2 is 2.30 bits per heavy atom. The largest absolute Gasteiger partial charge is 0.479 e. The molecular weight excluding hydrogens is 304 g/mol. The van der Waals surface area contributed by atoms with Gasteiger partial charge in [-0.25, -0.2) is 4.79 Å². The minimum absolute atomic E-state index is 0.0507. The molecule has 0 saturated carbocycles. The molecule has 0 radical (unpaired) electrons. The topological polar surface area (TPSA) is 109 Å². The number of amides is 2. The smallest absolute Gasteiger partial charge is 0.331 e. The van der Waals surface area contributed by atoms with Gasteiger partial charge in [0.2, 0.25) is 11.8 Å². The minimum Gasteiger partial charge on any atom is -0.479 e. The van der Waals surface area contributed by atoms with Gasteiger partial charge in [0.25, 0.3) is 0 Å². The Morgan fingerprint density at radius 3 is 2.91 bits per heavy atom. The number of carboxylic acids is 1. The molecule has 0 aromatic carbocycles. The Balaban J connectivity index is 1.62. The summed E-state index contributed by atoms with van der Waals surface area (Å²) in [4.78, 5) is 37.4. The molecule has 2 atom stereocenters. The maximum Gasteiger partial charge on any atom is 0.331 e. The fourth-order valence-corrected chi connectivity index (χ4v) is 2.91. The zero-order valence-electron chi connectivity index (χ0n) is 12.5. The molecule has 2 aliphatic heterocycles. The van der Waals surface area contributed by atoms with Crippen molar-refractivity contribution in [1.29, 1.82) is 0 Å². The Morgan fingerprint density at radius 1 is 1.48 bits per heavy atom. The second-order valence-electron chi connectivity index (χ2n) is 5.93. The molecule has 2 unspecified atom stereocenters. The molecule has 3 heterocycles. The molecule has 2 aliphatic rings. The summed E-state index contributed by atoms with van der Waals surface area (Å²) in [5.74, 6) is -1.60. The van der Waals surface area contributed by atoms with Crippen LogP contribution in [-0.4, -0.2) is 53.1 Å². The molecule has 1 aromatic heterocycles. The van der Waals surface area contributed by atoms with E-state index in [9.17, 15) is 19.5 Å². The van der Waals surface area contributed by atoms with Gasteiger partial charge in [-0.05, 0) is 12.1 Å². The molecule has 3 rings (SSSR count). The first-order valence-electron chi connectivity index (χ1n) is 7.43. The van der Waals surface area contributed by atoms with Gasteiger partial charge in [-0.1, -0.05) is 0 Å². The summed E-state index contributed by atoms with van der Waals surface area (Å²) in [5.41, 5.74) is -1.38. The highest BCUT2D eigenvalue weighted by atomic mass is 16.5. The van der Waals surface area contributed by atoms with Crippen LogP contribution < -0.4 is 5.32 Å². The average molecular weight is 322 g/mol. The number of carbonyl (C=O) groups is 3. The molecule has 23 heavy (non-hydrogen) atoms. The van der Waals surface area contributed by atoms with Crippen molar-refractivity contribution in [3.63, 3.8) is 0 Å². The number of hydrogen-bond donors (Lipinski definition) is 2. The lowest BCUT2D eigenvalue weighted by atomic mass is 9.97. The Kier molecular flexibility index (Phi) is 4.08. The van der Waals surface area contributed by atoms with Crippen molar-refractivity contribution >= 4 is 17.8 Å². The number of ether oxygens (including phenoxy) is 1. The second-order valence-corrected chi connectivity index (χ2v) is 5.93. The summed E-state index contributed by atoms with van der Waals surface area (Å²) in [6.07, 6.45) is 1.82. The maximum absolute atomic E-state index is 12.4. The van der Waals surface area contributed by atoms with E-state index in [0.717, 1.165) is 0 Å². The standard InChI is InChI=1S/C15H18N2O6/c18-12-6-10(7-17(12)8-11-2-1-4-23-11)13(19)16-15(14(20)21)3-5-22-9-15/h1-2,4,10H,3,5-9H2,(H,16,19)(H,20,21). The predicted octanol–water partition coefficient (Wildman–Crippen LogP) is -0.0120. The van der Waals surface area contributed by atoms with Gasteiger partial charge in [-0.2, -0.15) is 0 Å². The summed E-state index contributed by atoms with van der Waals surface area (Å²) < 4.78 is 10.3. The number of rotatable bonds is 5. The van der Waals surface area contributed by atoms with Gasteiger partial charge in [0.05, 0.1) is 25.3 Å². The Labute approximate surface area is 132 Å². The first-order valence-corrected chi connectivity index (χ1v) is 7.43. The van der Waals surface area contributed by atoms with E-state index < -0.39 is 23.3 Å². The van der Waals surface area contributed by atoms with Crippen LogP contribution in [0.15, 0.2) is 22.8 Å². The number of aliphatic carboxylic acids is 1. The number of carboxylic acid groups (broad SMARTS) is 1. The Bertz CT molecular complexity index is 605. The van der Waals surface area contributed by atoms with Gasteiger partial charge in [0, 0.05) is 26.0 Å². The van der Waals surface area contributed by atoms with Crippen molar-refractivity contribution < 1.29 is 28.6 Å². The minimum atomic E-state index is -1.38. The van der Waals surface area contributed by atoms with Crippen molar-refractivity contribution in [3.8, 4) is 0 Å². The monoisotopic (exact) mass is 322 g/mol. The molecule has 2 amide bonds. The number of nitrogens with one attached hydrogen (secondary N) is 1. The zero-order valence-corrected chi connectivity index (χ0v) is 12.5. The molecule has 8 heteroatoms. The van der Waals surface area contributed by atoms with Crippen LogP contribution in [0, 0.1) is 5.92 Å². The van der Waals surface area contributed by atoms with Crippen molar-refractivity contribution in [1.82, 2.24) is 10.2 Å². The normalized spacial score (nSPS) is 27.4. The van der Waals surface area contributed by atoms with Crippen LogP contribution >= 0.6 is 0 Å². The number of hydrogen-bond acceptors (Lipinski definition) is 5. The van der Waals surface area contributed by atoms with E-state index in [2.05, 4.69) is 5.32 Å². The summed E-state index contributed by atoms with van der Waals surface area (Å²) in [7, 11) is 0. The average Bonchev–Trinajstić information content (AvgIpc) is 3.22. The van der Waals surface area contributed by atoms with Gasteiger partial charge in [-0.15, -0.1) is 0 Å². The van der Waals surface area contributed by atoms with E-state index in [1.807, 2.05) is 0 Å². The van der Waals surface area contributed by atoms with Gasteiger partial charge < -0.3 is 24.5 Å². The first-order chi connectivity index (χ1) is 11.0. The molecule has 0 aliphatic carbocycles. The fraction of sp³-hybridized carbons (Fsp3) is 0.533. The van der Waals surface area contributed by atoms with E-state index in [4.69, 9.17) is 9.15 Å². The van der Waals surface area contributed by atoms with E-state index in [-0.39, 0.29) is 31.9 Å². The van der Waals surface area contributed by atoms with Crippen LogP contribution in [0.5, 0.6) is 0 Å². The summed E-state index contributed by atoms with van der Waals surface area (Å²) in [6.45, 7) is 0.802. The van der Waals surface area contributed by atoms with Crippen LogP contribution in [0.1, 0.15) is 18.6 Å². The van der Waals surface area contributed by atoms with E-state index in [0.29, 0.717) is 18.9 Å². The number of carbonyl (C=O) groups excluding carboxylic acids is 2. The number of nitrogens with zero attached hydrogens (tertiary/aromatic N) is 1. The number of furan rings is 1. The van der Waals surface area contributed by atoms with Crippen LogP contribution in [0.4, 0.5) is 0 Å². The molecule has 1 aromatic rings. The Hall–Kier alpha value is -2.35. The van der Waals surface area contributed by atoms with Crippen LogP contribution in [0.3, 0.4) is 0 Å². The molecule has 2 N–H and O–H groups in total. The van der Waals surface area contributed by atoms with E-state index in [1.165, 1.54) is 6.26 Å². The molecule has 124 valence electrons. The van der Waals surface area contributed by atoms with Gasteiger partial charge in [0.1, 0.15) is 5.76 Å². The van der Waals surface area contributed by atoms with Gasteiger partial charge in [-0.3, -0.25) is 9.59 Å². The fourth-order valence-electron chi connectivity index (χ4n) is 2.91. The lowest BCUT2D eigenvalue weighted by molar-refractivity contribution is -0.148. The van der Waals surface area contributed by atoms with E-state index >= 15 is 0 Å². The van der Waals surface area contributed by atoms with Crippen LogP contribution in [-0.2, 0) is 25.7 Å². The molecule has 0 bridgehead atoms. The lowest BCUT2D eigenvalue weighted by Gasteiger charge is -2.25. The third-order valence-corrected chi connectivity index (χ3v) is 4.31. The van der Waals surface area contributed by atoms with Crippen LogP contribution in [0.25, 0.3) is 0 Å². The summed E-state index contributed by atoms with van der Waals surface area (Å²) in [5, 5.41) is 11.9. The predicted molar refractivity (Wildman–Crippen MR) is 76.2 cm³/mol. The molecule has 0 spiro atoms. The second kappa shape index (κ2) is 6.04. The van der Waals surface area contributed by atoms with Crippen molar-refractivity contribution in [2.75, 3.05) is 19.8 Å². The van der Waals surface area contributed by atoms with Crippen LogP contribution in [0.2, 0.25) is 0 Å². The highest BCUT2D eigenvalue weighted by Gasteiger charge is 2.46. The highest BCUT2D eigenvalue weighted by molar-refractivity contribution is 5.92. The van der Waals surface area contributed by atoms with Crippen molar-refractivity contribution in [2.45, 2.75) is 24.9 Å². The molecule has 8 nitrogen and oxygen atoms in total. The van der Waals surface area contributed by atoms with Crippen molar-refractivity contribution in [2.24, 2.45) is 5.92 Å². The summed E-state index contributed by atoms with van der Waals surface area (Å²) in [6, 6.07) is 3.49. The van der Waals surface area contributed by atoms with E-state index in [1.54, 1.807) is 17.0 Å². The zero-order chi connectivity index (χ0) is 16.4. The quantitative estimate of drug-likeness (QED) is 0.789.